The molecule has 1 aliphatic heterocycles. The fourth-order valence-electron chi connectivity index (χ4n) is 2.32. The molecule has 1 atom stereocenters. The molecule has 2 rings (SSSR count). The van der Waals surface area contributed by atoms with E-state index in [0.29, 0.717) is 17.9 Å². The first kappa shape index (κ1) is 16.3. The Morgan fingerprint density at radius 1 is 1.41 bits per heavy atom. The number of pyridine rings is 1. The summed E-state index contributed by atoms with van der Waals surface area (Å²) in [6.07, 6.45) is -2.45. The molecule has 22 heavy (non-hydrogen) atoms. The van der Waals surface area contributed by atoms with Crippen molar-refractivity contribution < 1.29 is 22.8 Å². The van der Waals surface area contributed by atoms with Crippen LogP contribution < -0.4 is 5.32 Å². The molecule has 1 N–H and O–H groups in total. The van der Waals surface area contributed by atoms with Crippen molar-refractivity contribution in [2.75, 3.05) is 19.6 Å². The van der Waals surface area contributed by atoms with Crippen molar-refractivity contribution in [3.8, 4) is 0 Å². The molecule has 0 spiro atoms. The van der Waals surface area contributed by atoms with Gasteiger partial charge < -0.3 is 10.2 Å². The van der Waals surface area contributed by atoms with Gasteiger partial charge >= 0.3 is 6.18 Å². The number of amides is 2. The highest BCUT2D eigenvalue weighted by atomic mass is 19.4. The third kappa shape index (κ3) is 4.71. The Bertz CT molecular complexity index is 534. The molecule has 0 unspecified atom stereocenters. The predicted molar refractivity (Wildman–Crippen MR) is 71.7 cm³/mol. The third-order valence-corrected chi connectivity index (χ3v) is 3.36. The van der Waals surface area contributed by atoms with Gasteiger partial charge in [0, 0.05) is 37.8 Å². The zero-order valence-corrected chi connectivity index (χ0v) is 11.8. The van der Waals surface area contributed by atoms with Gasteiger partial charge in [0.15, 0.2) is 0 Å². The lowest BCUT2D eigenvalue weighted by atomic mass is 10.1. The lowest BCUT2D eigenvalue weighted by molar-refractivity contribution is -0.157. The van der Waals surface area contributed by atoms with E-state index in [1.807, 2.05) is 12.1 Å². The summed E-state index contributed by atoms with van der Waals surface area (Å²) in [6.45, 7) is -1.16. The Morgan fingerprint density at radius 3 is 2.82 bits per heavy atom. The van der Waals surface area contributed by atoms with Gasteiger partial charge in [-0.15, -0.1) is 0 Å². The Balaban J connectivity index is 1.78. The quantitative estimate of drug-likeness (QED) is 0.887. The van der Waals surface area contributed by atoms with Gasteiger partial charge in [-0.2, -0.15) is 13.2 Å². The van der Waals surface area contributed by atoms with Crippen molar-refractivity contribution >= 4 is 11.8 Å². The van der Waals surface area contributed by atoms with Crippen LogP contribution in [0.5, 0.6) is 0 Å². The molecule has 1 aromatic heterocycles. The summed E-state index contributed by atoms with van der Waals surface area (Å²) < 4.78 is 36.9. The van der Waals surface area contributed by atoms with E-state index in [4.69, 9.17) is 0 Å². The van der Waals surface area contributed by atoms with Crippen LogP contribution in [0, 0.1) is 5.92 Å². The van der Waals surface area contributed by atoms with E-state index in [9.17, 15) is 22.8 Å². The number of hydrogen-bond donors (Lipinski definition) is 1. The van der Waals surface area contributed by atoms with Crippen molar-refractivity contribution in [3.63, 3.8) is 0 Å². The number of alkyl halides is 3. The second-order valence-corrected chi connectivity index (χ2v) is 5.15. The molecule has 0 radical (unpaired) electrons. The van der Waals surface area contributed by atoms with Gasteiger partial charge in [-0.25, -0.2) is 0 Å². The maximum atomic E-state index is 12.3. The van der Waals surface area contributed by atoms with Crippen molar-refractivity contribution in [3.05, 3.63) is 30.1 Å². The van der Waals surface area contributed by atoms with Gasteiger partial charge in [0.25, 0.3) is 0 Å². The Morgan fingerprint density at radius 2 is 2.18 bits per heavy atom. The Labute approximate surface area is 125 Å². The number of hydrogen-bond acceptors (Lipinski definition) is 3. The number of carbonyl (C=O) groups excluding carboxylic acids is 2. The summed E-state index contributed by atoms with van der Waals surface area (Å²) in [7, 11) is 0. The first-order valence-corrected chi connectivity index (χ1v) is 6.87. The van der Waals surface area contributed by atoms with Crippen LogP contribution in [0.15, 0.2) is 24.4 Å². The molecule has 0 aromatic carbocycles. The van der Waals surface area contributed by atoms with Crippen LogP contribution in [-0.4, -0.2) is 47.5 Å². The lowest BCUT2D eigenvalue weighted by Gasteiger charge is -2.18. The van der Waals surface area contributed by atoms with Gasteiger partial charge in [-0.1, -0.05) is 6.07 Å². The highest BCUT2D eigenvalue weighted by Gasteiger charge is 2.40. The summed E-state index contributed by atoms with van der Waals surface area (Å²) in [6, 6.07) is 5.42. The Hall–Kier alpha value is -2.12. The molecule has 1 saturated heterocycles. The largest absolute Gasteiger partial charge is 0.406 e. The molecular weight excluding hydrogens is 299 g/mol. The number of halogens is 3. The predicted octanol–water partition coefficient (Wildman–Crippen LogP) is 1.15. The van der Waals surface area contributed by atoms with E-state index in [1.54, 1.807) is 12.3 Å². The molecule has 1 aliphatic rings. The average Bonchev–Trinajstić information content (AvgIpc) is 2.79. The summed E-state index contributed by atoms with van der Waals surface area (Å²) in [4.78, 5) is 28.2. The molecular formula is C14H16F3N3O2. The van der Waals surface area contributed by atoms with Crippen LogP contribution >= 0.6 is 0 Å². The van der Waals surface area contributed by atoms with Gasteiger partial charge in [0.2, 0.25) is 11.8 Å². The smallest absolute Gasteiger partial charge is 0.355 e. The summed E-state index contributed by atoms with van der Waals surface area (Å²) in [5.74, 6) is -1.75. The molecule has 1 fully saturated rings. The van der Waals surface area contributed by atoms with Crippen LogP contribution in [0.3, 0.4) is 0 Å². The lowest BCUT2D eigenvalue weighted by Crippen LogP contribution is -2.37. The van der Waals surface area contributed by atoms with E-state index in [1.165, 1.54) is 0 Å². The van der Waals surface area contributed by atoms with E-state index >= 15 is 0 Å². The SMILES string of the molecule is O=C(NCCc1ccccn1)[C@H]1CC(=O)N(CC(F)(F)F)C1. The molecule has 120 valence electrons. The summed E-state index contributed by atoms with van der Waals surface area (Å²) in [5.41, 5.74) is 0.809. The van der Waals surface area contributed by atoms with Crippen LogP contribution in [0.2, 0.25) is 0 Å². The molecule has 8 heteroatoms. The first-order chi connectivity index (χ1) is 10.3. The molecule has 2 amide bonds. The third-order valence-electron chi connectivity index (χ3n) is 3.36. The van der Waals surface area contributed by atoms with E-state index in [0.717, 1.165) is 5.69 Å². The number of rotatable bonds is 5. The summed E-state index contributed by atoms with van der Waals surface area (Å²) >= 11 is 0. The zero-order valence-electron chi connectivity index (χ0n) is 11.8. The van der Waals surface area contributed by atoms with Crippen molar-refractivity contribution in [2.45, 2.75) is 19.0 Å². The molecule has 0 saturated carbocycles. The van der Waals surface area contributed by atoms with E-state index < -0.39 is 30.5 Å². The van der Waals surface area contributed by atoms with Gasteiger partial charge in [0.05, 0.1) is 5.92 Å². The fourth-order valence-corrected chi connectivity index (χ4v) is 2.32. The fraction of sp³-hybridized carbons (Fsp3) is 0.500. The Kier molecular flexibility index (Phi) is 4.99. The minimum Gasteiger partial charge on any atom is -0.355 e. The second-order valence-electron chi connectivity index (χ2n) is 5.15. The number of nitrogens with one attached hydrogen (secondary N) is 1. The van der Waals surface area contributed by atoms with E-state index in [2.05, 4.69) is 10.3 Å². The topological polar surface area (TPSA) is 62.3 Å². The highest BCUT2D eigenvalue weighted by molar-refractivity contribution is 5.89. The number of likely N-dealkylation sites (tertiary alicyclic amines) is 1. The molecule has 0 aliphatic carbocycles. The van der Waals surface area contributed by atoms with Gasteiger partial charge in [-0.3, -0.25) is 14.6 Å². The molecule has 5 nitrogen and oxygen atoms in total. The molecule has 2 heterocycles. The standard InChI is InChI=1S/C14H16F3N3O2/c15-14(16,17)9-20-8-10(7-12(20)21)13(22)19-6-4-11-3-1-2-5-18-11/h1-3,5,10H,4,6-9H2,(H,19,22)/t10-/m0/s1. The molecule has 1 aromatic rings. The van der Waals surface area contributed by atoms with Gasteiger partial charge in [-0.05, 0) is 12.1 Å². The minimum absolute atomic E-state index is 0.175. The number of carbonyl (C=O) groups is 2. The van der Waals surface area contributed by atoms with Crippen molar-refractivity contribution in [1.82, 2.24) is 15.2 Å². The average molecular weight is 315 g/mol. The van der Waals surface area contributed by atoms with Gasteiger partial charge in [0.1, 0.15) is 6.54 Å². The summed E-state index contributed by atoms with van der Waals surface area (Å²) in [5, 5.41) is 2.64. The van der Waals surface area contributed by atoms with Crippen LogP contribution in [0.4, 0.5) is 13.2 Å². The van der Waals surface area contributed by atoms with Crippen molar-refractivity contribution in [2.24, 2.45) is 5.92 Å². The van der Waals surface area contributed by atoms with Crippen molar-refractivity contribution in [1.29, 1.82) is 0 Å². The number of nitrogens with zero attached hydrogens (tertiary/aromatic N) is 2. The normalized spacial score (nSPS) is 18.6. The maximum Gasteiger partial charge on any atom is 0.406 e. The van der Waals surface area contributed by atoms with Crippen LogP contribution in [0.25, 0.3) is 0 Å². The van der Waals surface area contributed by atoms with Crippen LogP contribution in [0.1, 0.15) is 12.1 Å². The highest BCUT2D eigenvalue weighted by Crippen LogP contribution is 2.23. The van der Waals surface area contributed by atoms with Crippen LogP contribution in [-0.2, 0) is 16.0 Å². The second kappa shape index (κ2) is 6.76. The maximum absolute atomic E-state index is 12.3. The monoisotopic (exact) mass is 315 g/mol. The first-order valence-electron chi connectivity index (χ1n) is 6.87. The number of aromatic nitrogens is 1. The molecule has 0 bridgehead atoms. The zero-order chi connectivity index (χ0) is 16.2. The van der Waals surface area contributed by atoms with E-state index in [-0.39, 0.29) is 13.0 Å². The minimum atomic E-state index is -4.44.